The zero-order valence-electron chi connectivity index (χ0n) is 19.2. The molecule has 3 N–H and O–H groups in total. The third-order valence-corrected chi connectivity index (χ3v) is 5.43. The number of fused-ring (bicyclic) bond motifs is 1. The van der Waals surface area contributed by atoms with Gasteiger partial charge in [-0.15, -0.1) is 0 Å². The number of β-lactam (4-membered cyclic amide) rings is 1. The number of alkyl carbamates (subject to hydrolysis) is 2. The van der Waals surface area contributed by atoms with Crippen LogP contribution in [-0.4, -0.2) is 79.1 Å². The van der Waals surface area contributed by atoms with Crippen molar-refractivity contribution in [2.45, 2.75) is 25.5 Å². The maximum Gasteiger partial charge on any atom is 0.407 e. The molecule has 11 nitrogen and oxygen atoms in total. The number of carbonyl (C=O) groups is 4. The molecule has 0 radical (unpaired) electrons. The SMILES string of the molecule is C=CCOC(=O)NCC(CNC(=O)OCC=C)C1=C(C(=O)OCC=C)N2C(=O)[C@H]([C@@H](C)O)[C@H]2C1. The highest BCUT2D eigenvalue weighted by molar-refractivity contribution is 6.00. The number of amides is 3. The molecule has 0 aromatic carbocycles. The van der Waals surface area contributed by atoms with Crippen LogP contribution in [0, 0.1) is 11.8 Å². The van der Waals surface area contributed by atoms with E-state index in [1.165, 1.54) is 30.1 Å². The minimum atomic E-state index is -0.906. The summed E-state index contributed by atoms with van der Waals surface area (Å²) in [5.74, 6) is -2.40. The van der Waals surface area contributed by atoms with E-state index >= 15 is 0 Å². The quantitative estimate of drug-likeness (QED) is 0.154. The van der Waals surface area contributed by atoms with E-state index in [0.717, 1.165) is 0 Å². The van der Waals surface area contributed by atoms with Gasteiger partial charge >= 0.3 is 18.2 Å². The lowest BCUT2D eigenvalue weighted by molar-refractivity contribution is -0.162. The molecule has 1 saturated heterocycles. The fourth-order valence-corrected chi connectivity index (χ4v) is 3.96. The van der Waals surface area contributed by atoms with E-state index in [-0.39, 0.29) is 45.0 Å². The molecule has 0 unspecified atom stereocenters. The molecule has 11 heteroatoms. The lowest BCUT2D eigenvalue weighted by atomic mass is 9.82. The number of rotatable bonds is 13. The Bertz CT molecular complexity index is 838. The van der Waals surface area contributed by atoms with E-state index in [4.69, 9.17) is 14.2 Å². The zero-order valence-corrected chi connectivity index (χ0v) is 19.2. The molecule has 0 aliphatic carbocycles. The summed E-state index contributed by atoms with van der Waals surface area (Å²) in [5.41, 5.74) is 0.546. The summed E-state index contributed by atoms with van der Waals surface area (Å²) in [6, 6.07) is -0.434. The minimum Gasteiger partial charge on any atom is -0.457 e. The zero-order chi connectivity index (χ0) is 25.3. The number of aliphatic hydroxyl groups is 1. The molecule has 3 amide bonds. The fourth-order valence-electron chi connectivity index (χ4n) is 3.96. The van der Waals surface area contributed by atoms with Crippen molar-refractivity contribution in [2.75, 3.05) is 32.9 Å². The van der Waals surface area contributed by atoms with Crippen LogP contribution in [0.2, 0.25) is 0 Å². The van der Waals surface area contributed by atoms with Crippen molar-refractivity contribution >= 4 is 24.1 Å². The third kappa shape index (κ3) is 6.25. The lowest BCUT2D eigenvalue weighted by Gasteiger charge is -2.44. The van der Waals surface area contributed by atoms with Crippen molar-refractivity contribution < 1.29 is 38.5 Å². The third-order valence-electron chi connectivity index (χ3n) is 5.43. The average Bonchev–Trinajstić information content (AvgIpc) is 3.14. The second-order valence-electron chi connectivity index (χ2n) is 7.74. The number of carbonyl (C=O) groups excluding carboxylic acids is 4. The van der Waals surface area contributed by atoms with Crippen LogP contribution in [0.1, 0.15) is 13.3 Å². The monoisotopic (exact) mass is 477 g/mol. The molecule has 2 aliphatic heterocycles. The molecular formula is C23H31N3O8. The molecule has 0 spiro atoms. The Morgan fingerprint density at radius 3 is 2.00 bits per heavy atom. The van der Waals surface area contributed by atoms with Gasteiger partial charge in [0.15, 0.2) is 0 Å². The normalized spacial score (nSPS) is 19.5. The van der Waals surface area contributed by atoms with Gasteiger partial charge in [-0.1, -0.05) is 38.0 Å². The predicted octanol–water partition coefficient (Wildman–Crippen LogP) is 1.02. The standard InChI is InChI=1S/C23H31N3O8/c1-5-8-32-21(29)19-16(11-17-18(14(4)27)20(28)26(17)19)15(12-24-22(30)33-9-6-2)13-25-23(31)34-10-7-3/h5-7,14-15,17-18,27H,1-3,8-13H2,4H3,(H,24,30)(H,25,31)/t14-,17-,18-/m1/s1. The Hall–Kier alpha value is -3.60. The average molecular weight is 478 g/mol. The van der Waals surface area contributed by atoms with Gasteiger partial charge in [-0.25, -0.2) is 14.4 Å². The van der Waals surface area contributed by atoms with Crippen molar-refractivity contribution in [3.05, 3.63) is 49.2 Å². The molecule has 0 aromatic rings. The Labute approximate surface area is 198 Å². The van der Waals surface area contributed by atoms with Gasteiger partial charge in [0, 0.05) is 19.0 Å². The summed E-state index contributed by atoms with van der Waals surface area (Å²) >= 11 is 0. The van der Waals surface area contributed by atoms with Crippen LogP contribution in [0.5, 0.6) is 0 Å². The maximum absolute atomic E-state index is 12.9. The van der Waals surface area contributed by atoms with Crippen molar-refractivity contribution in [1.82, 2.24) is 15.5 Å². The number of aliphatic hydroxyl groups excluding tert-OH is 1. The number of ether oxygens (including phenoxy) is 3. The number of hydrogen-bond donors (Lipinski definition) is 3. The topological polar surface area (TPSA) is 144 Å². The van der Waals surface area contributed by atoms with E-state index in [2.05, 4.69) is 30.4 Å². The van der Waals surface area contributed by atoms with Gasteiger partial charge in [-0.05, 0) is 18.9 Å². The number of nitrogens with one attached hydrogen (secondary N) is 2. The summed E-state index contributed by atoms with van der Waals surface area (Å²) in [5, 5.41) is 15.2. The van der Waals surface area contributed by atoms with E-state index in [0.29, 0.717) is 5.57 Å². The smallest absolute Gasteiger partial charge is 0.407 e. The first-order valence-electron chi connectivity index (χ1n) is 10.8. The Morgan fingerprint density at radius 1 is 1.03 bits per heavy atom. The van der Waals surface area contributed by atoms with Gasteiger partial charge in [-0.3, -0.25) is 4.79 Å². The van der Waals surface area contributed by atoms with E-state index in [1.54, 1.807) is 0 Å². The van der Waals surface area contributed by atoms with Crippen molar-refractivity contribution in [1.29, 1.82) is 0 Å². The van der Waals surface area contributed by atoms with Gasteiger partial charge in [0.05, 0.1) is 18.1 Å². The fraction of sp³-hybridized carbons (Fsp3) is 0.478. The first kappa shape index (κ1) is 26.7. The van der Waals surface area contributed by atoms with Crippen LogP contribution < -0.4 is 10.6 Å². The molecule has 2 heterocycles. The summed E-state index contributed by atoms with van der Waals surface area (Å²) < 4.78 is 15.0. The van der Waals surface area contributed by atoms with Crippen LogP contribution in [-0.2, 0) is 23.8 Å². The minimum absolute atomic E-state index is 0.00484. The van der Waals surface area contributed by atoms with Crippen LogP contribution in [0.3, 0.4) is 0 Å². The first-order chi connectivity index (χ1) is 16.3. The second-order valence-corrected chi connectivity index (χ2v) is 7.74. The van der Waals surface area contributed by atoms with Crippen LogP contribution in [0.4, 0.5) is 9.59 Å². The molecule has 0 saturated carbocycles. The predicted molar refractivity (Wildman–Crippen MR) is 121 cm³/mol. The van der Waals surface area contributed by atoms with E-state index in [1.807, 2.05) is 0 Å². The molecule has 2 rings (SSSR count). The summed E-state index contributed by atoms with van der Waals surface area (Å²) in [6.45, 7) is 11.9. The number of esters is 1. The van der Waals surface area contributed by atoms with Gasteiger partial charge in [0.25, 0.3) is 0 Å². The summed E-state index contributed by atoms with van der Waals surface area (Å²) in [6.07, 6.45) is 2.15. The maximum atomic E-state index is 12.9. The van der Waals surface area contributed by atoms with Crippen LogP contribution in [0.25, 0.3) is 0 Å². The van der Waals surface area contributed by atoms with Gasteiger partial charge in [0.2, 0.25) is 5.91 Å². The van der Waals surface area contributed by atoms with Gasteiger partial charge in [-0.2, -0.15) is 0 Å². The van der Waals surface area contributed by atoms with Crippen LogP contribution >= 0.6 is 0 Å². The summed E-state index contributed by atoms with van der Waals surface area (Å²) in [7, 11) is 0. The highest BCUT2D eigenvalue weighted by atomic mass is 16.6. The highest BCUT2D eigenvalue weighted by Crippen LogP contribution is 2.46. The molecule has 2 aliphatic rings. The molecule has 0 aromatic heterocycles. The Morgan fingerprint density at radius 2 is 1.53 bits per heavy atom. The first-order valence-corrected chi connectivity index (χ1v) is 10.8. The number of nitrogens with zero attached hydrogens (tertiary/aromatic N) is 1. The van der Waals surface area contributed by atoms with Crippen molar-refractivity contribution in [3.8, 4) is 0 Å². The van der Waals surface area contributed by atoms with Crippen LogP contribution in [0.15, 0.2) is 49.2 Å². The molecular weight excluding hydrogens is 446 g/mol. The molecule has 34 heavy (non-hydrogen) atoms. The number of hydrogen-bond acceptors (Lipinski definition) is 8. The largest absolute Gasteiger partial charge is 0.457 e. The Kier molecular flexibility index (Phi) is 9.87. The van der Waals surface area contributed by atoms with Gasteiger partial charge in [0.1, 0.15) is 25.5 Å². The molecule has 186 valence electrons. The van der Waals surface area contributed by atoms with Gasteiger partial charge < -0.3 is 34.9 Å². The Balaban J connectivity index is 2.31. The molecule has 3 atom stereocenters. The lowest BCUT2D eigenvalue weighted by Crippen LogP contribution is -2.61. The molecule has 1 fully saturated rings. The second kappa shape index (κ2) is 12.6. The van der Waals surface area contributed by atoms with Crippen molar-refractivity contribution in [2.24, 2.45) is 11.8 Å². The van der Waals surface area contributed by atoms with E-state index < -0.39 is 48.0 Å². The molecule has 0 bridgehead atoms. The van der Waals surface area contributed by atoms with E-state index in [9.17, 15) is 24.3 Å². The summed E-state index contributed by atoms with van der Waals surface area (Å²) in [4.78, 5) is 50.8. The van der Waals surface area contributed by atoms with Crippen molar-refractivity contribution in [3.63, 3.8) is 0 Å². The highest BCUT2D eigenvalue weighted by Gasteiger charge is 2.57.